The van der Waals surface area contributed by atoms with Gasteiger partial charge in [-0.15, -0.1) is 0 Å². The van der Waals surface area contributed by atoms with Crippen LogP contribution in [0.15, 0.2) is 6.07 Å². The second kappa shape index (κ2) is 8.51. The molecule has 0 radical (unpaired) electrons. The van der Waals surface area contributed by atoms with E-state index in [9.17, 15) is 4.79 Å². The summed E-state index contributed by atoms with van der Waals surface area (Å²) >= 11 is 0. The predicted molar refractivity (Wildman–Crippen MR) is 80.0 cm³/mol. The van der Waals surface area contributed by atoms with Crippen molar-refractivity contribution in [2.75, 3.05) is 12.4 Å². The largest absolute Gasteiger partial charge is 0.463 e. The number of aromatic nitrogens is 2. The van der Waals surface area contributed by atoms with E-state index in [0.717, 1.165) is 25.0 Å². The Morgan fingerprint density at radius 2 is 2.05 bits per heavy atom. The first kappa shape index (κ1) is 16.4. The van der Waals surface area contributed by atoms with Gasteiger partial charge in [0.15, 0.2) is 0 Å². The van der Waals surface area contributed by atoms with Crippen LogP contribution in [-0.4, -0.2) is 29.1 Å². The van der Waals surface area contributed by atoms with Crippen LogP contribution in [0.2, 0.25) is 0 Å². The molecule has 1 aromatic heterocycles. The van der Waals surface area contributed by atoms with Crippen molar-refractivity contribution in [2.45, 2.75) is 58.9 Å². The van der Waals surface area contributed by atoms with E-state index in [1.54, 1.807) is 0 Å². The SMILES string of the molecule is CCCCC(CCC)Nc1cc(C)nc(C(=O)OC)n1. The highest BCUT2D eigenvalue weighted by molar-refractivity contribution is 5.85. The summed E-state index contributed by atoms with van der Waals surface area (Å²) in [5.41, 5.74) is 0.758. The molecule has 0 aliphatic heterocycles. The number of methoxy groups -OCH3 is 1. The molecule has 0 saturated carbocycles. The highest BCUT2D eigenvalue weighted by Gasteiger charge is 2.13. The predicted octanol–water partition coefficient (Wildman–Crippen LogP) is 3.34. The van der Waals surface area contributed by atoms with Crippen molar-refractivity contribution in [2.24, 2.45) is 0 Å². The Morgan fingerprint density at radius 3 is 2.65 bits per heavy atom. The van der Waals surface area contributed by atoms with Crippen molar-refractivity contribution in [1.82, 2.24) is 9.97 Å². The van der Waals surface area contributed by atoms with E-state index in [1.165, 1.54) is 20.0 Å². The van der Waals surface area contributed by atoms with Crippen molar-refractivity contribution in [3.63, 3.8) is 0 Å². The smallest absolute Gasteiger partial charge is 0.376 e. The van der Waals surface area contributed by atoms with Crippen molar-refractivity contribution < 1.29 is 9.53 Å². The summed E-state index contributed by atoms with van der Waals surface area (Å²) in [4.78, 5) is 19.9. The Kier molecular flexibility index (Phi) is 6.98. The summed E-state index contributed by atoms with van der Waals surface area (Å²) in [6.45, 7) is 6.21. The third kappa shape index (κ3) is 5.15. The Morgan fingerprint density at radius 1 is 1.30 bits per heavy atom. The maximum Gasteiger partial charge on any atom is 0.376 e. The lowest BCUT2D eigenvalue weighted by molar-refractivity contribution is 0.0586. The Bertz CT molecular complexity index is 435. The maximum atomic E-state index is 11.5. The molecule has 20 heavy (non-hydrogen) atoms. The van der Waals surface area contributed by atoms with E-state index >= 15 is 0 Å². The zero-order valence-corrected chi connectivity index (χ0v) is 12.9. The van der Waals surface area contributed by atoms with Crippen LogP contribution in [-0.2, 0) is 4.74 Å². The first-order valence-corrected chi connectivity index (χ1v) is 7.31. The first-order chi connectivity index (χ1) is 9.60. The number of nitrogens with zero attached hydrogens (tertiary/aromatic N) is 2. The lowest BCUT2D eigenvalue weighted by atomic mass is 10.1. The average molecular weight is 279 g/mol. The summed E-state index contributed by atoms with van der Waals surface area (Å²) in [5, 5.41) is 3.42. The highest BCUT2D eigenvalue weighted by Crippen LogP contribution is 2.14. The summed E-state index contributed by atoms with van der Waals surface area (Å²) in [6, 6.07) is 2.25. The number of carbonyl (C=O) groups excluding carboxylic acids is 1. The molecule has 112 valence electrons. The minimum absolute atomic E-state index is 0.112. The van der Waals surface area contributed by atoms with Gasteiger partial charge in [-0.25, -0.2) is 14.8 Å². The molecule has 0 fully saturated rings. The van der Waals surface area contributed by atoms with E-state index in [0.29, 0.717) is 11.9 Å². The first-order valence-electron chi connectivity index (χ1n) is 7.31. The zero-order valence-electron chi connectivity index (χ0n) is 12.9. The molecule has 0 aliphatic carbocycles. The van der Waals surface area contributed by atoms with E-state index < -0.39 is 5.97 Å². The lowest BCUT2D eigenvalue weighted by Crippen LogP contribution is -2.21. The molecular weight excluding hydrogens is 254 g/mol. The topological polar surface area (TPSA) is 64.1 Å². The van der Waals surface area contributed by atoms with Gasteiger partial charge >= 0.3 is 5.97 Å². The number of unbranched alkanes of at least 4 members (excludes halogenated alkanes) is 1. The van der Waals surface area contributed by atoms with Gasteiger partial charge in [0, 0.05) is 17.8 Å². The Labute approximate surface area is 121 Å². The minimum Gasteiger partial charge on any atom is -0.463 e. The second-order valence-electron chi connectivity index (χ2n) is 4.98. The number of aryl methyl sites for hydroxylation is 1. The zero-order chi connectivity index (χ0) is 15.0. The van der Waals surface area contributed by atoms with Gasteiger partial charge in [0.1, 0.15) is 5.82 Å². The van der Waals surface area contributed by atoms with E-state index in [1.807, 2.05) is 13.0 Å². The number of nitrogens with one attached hydrogen (secondary N) is 1. The second-order valence-corrected chi connectivity index (χ2v) is 4.98. The molecule has 1 unspecified atom stereocenters. The van der Waals surface area contributed by atoms with Crippen molar-refractivity contribution in [3.05, 3.63) is 17.6 Å². The number of hydrogen-bond acceptors (Lipinski definition) is 5. The third-order valence-corrected chi connectivity index (χ3v) is 3.12. The fourth-order valence-electron chi connectivity index (χ4n) is 2.12. The molecule has 1 rings (SSSR count). The van der Waals surface area contributed by atoms with E-state index in [4.69, 9.17) is 0 Å². The number of esters is 1. The van der Waals surface area contributed by atoms with Crippen LogP contribution in [0.3, 0.4) is 0 Å². The van der Waals surface area contributed by atoms with Crippen molar-refractivity contribution in [1.29, 1.82) is 0 Å². The van der Waals surface area contributed by atoms with Crippen molar-refractivity contribution >= 4 is 11.8 Å². The molecule has 1 N–H and O–H groups in total. The molecule has 0 saturated heterocycles. The molecule has 0 aromatic carbocycles. The van der Waals surface area contributed by atoms with E-state index in [-0.39, 0.29) is 5.82 Å². The molecule has 0 bridgehead atoms. The number of anilines is 1. The molecular formula is C15H25N3O2. The fraction of sp³-hybridized carbons (Fsp3) is 0.667. The summed E-state index contributed by atoms with van der Waals surface area (Å²) in [7, 11) is 1.34. The number of hydrogen-bond donors (Lipinski definition) is 1. The molecule has 5 nitrogen and oxygen atoms in total. The quantitative estimate of drug-likeness (QED) is 0.739. The molecule has 0 spiro atoms. The Hall–Kier alpha value is -1.65. The van der Waals surface area contributed by atoms with Gasteiger partial charge in [-0.3, -0.25) is 0 Å². The monoisotopic (exact) mass is 279 g/mol. The van der Waals surface area contributed by atoms with Crippen LogP contribution in [0.25, 0.3) is 0 Å². The molecule has 1 atom stereocenters. The standard InChI is InChI=1S/C15H25N3O2/c1-5-7-9-12(8-6-2)17-13-10-11(3)16-14(18-13)15(19)20-4/h10,12H,5-9H2,1-4H3,(H,16,17,18). The van der Waals surface area contributed by atoms with Crippen LogP contribution in [0.4, 0.5) is 5.82 Å². The number of carbonyl (C=O) groups is 1. The fourth-order valence-corrected chi connectivity index (χ4v) is 2.12. The molecule has 5 heteroatoms. The third-order valence-electron chi connectivity index (χ3n) is 3.12. The molecule has 1 aromatic rings. The maximum absolute atomic E-state index is 11.5. The van der Waals surface area contributed by atoms with Gasteiger partial charge in [0.25, 0.3) is 0 Å². The lowest BCUT2D eigenvalue weighted by Gasteiger charge is -2.18. The van der Waals surface area contributed by atoms with Crippen LogP contribution in [0.5, 0.6) is 0 Å². The van der Waals surface area contributed by atoms with Gasteiger partial charge in [0.2, 0.25) is 5.82 Å². The van der Waals surface area contributed by atoms with Crippen LogP contribution >= 0.6 is 0 Å². The molecule has 0 aliphatic rings. The van der Waals surface area contributed by atoms with Gasteiger partial charge in [-0.1, -0.05) is 33.1 Å². The van der Waals surface area contributed by atoms with Crippen LogP contribution < -0.4 is 5.32 Å². The minimum atomic E-state index is -0.502. The summed E-state index contributed by atoms with van der Waals surface area (Å²) in [5.74, 6) is 0.311. The molecule has 1 heterocycles. The van der Waals surface area contributed by atoms with Crippen LogP contribution in [0.1, 0.15) is 62.3 Å². The van der Waals surface area contributed by atoms with Crippen molar-refractivity contribution in [3.8, 4) is 0 Å². The number of ether oxygens (including phenoxy) is 1. The van der Waals surface area contributed by atoms with E-state index in [2.05, 4.69) is 33.9 Å². The van der Waals surface area contributed by atoms with Gasteiger partial charge in [-0.2, -0.15) is 0 Å². The summed E-state index contributed by atoms with van der Waals surface area (Å²) in [6.07, 6.45) is 5.69. The highest BCUT2D eigenvalue weighted by atomic mass is 16.5. The van der Waals surface area contributed by atoms with Gasteiger partial charge < -0.3 is 10.1 Å². The van der Waals surface area contributed by atoms with Gasteiger partial charge in [-0.05, 0) is 19.8 Å². The average Bonchev–Trinajstić information content (AvgIpc) is 2.43. The summed E-state index contributed by atoms with van der Waals surface area (Å²) < 4.78 is 4.67. The molecule has 0 amide bonds. The Balaban J connectivity index is 2.83. The van der Waals surface area contributed by atoms with Gasteiger partial charge in [0.05, 0.1) is 7.11 Å². The normalized spacial score (nSPS) is 12.0. The number of rotatable bonds is 8. The van der Waals surface area contributed by atoms with Crippen LogP contribution in [0, 0.1) is 6.92 Å².